The molecule has 0 spiro atoms. The van der Waals surface area contributed by atoms with Gasteiger partial charge in [0.25, 0.3) is 5.01 Å². The first kappa shape index (κ1) is 27.9. The lowest BCUT2D eigenvalue weighted by molar-refractivity contribution is -0.665. The molecule has 0 radical (unpaired) electrons. The lowest BCUT2D eigenvalue weighted by atomic mass is 9.75. The van der Waals surface area contributed by atoms with Crippen LogP contribution in [0.1, 0.15) is 45.5 Å². The largest absolute Gasteiger partial charge is 1.00 e. The van der Waals surface area contributed by atoms with Crippen LogP contribution in [0, 0.1) is 5.41 Å². The number of thiazole rings is 1. The van der Waals surface area contributed by atoms with E-state index in [2.05, 4.69) is 128 Å². The number of hydrogen-bond donors (Lipinski definition) is 0. The second kappa shape index (κ2) is 12.2. The molecule has 2 heterocycles. The van der Waals surface area contributed by atoms with Crippen molar-refractivity contribution in [3.05, 3.63) is 106 Å². The van der Waals surface area contributed by atoms with E-state index in [4.69, 9.17) is 0 Å². The Kier molecular flexibility index (Phi) is 9.20. The van der Waals surface area contributed by atoms with Gasteiger partial charge in [0, 0.05) is 23.6 Å². The van der Waals surface area contributed by atoms with Crippen LogP contribution >= 0.6 is 23.1 Å². The predicted molar refractivity (Wildman–Crippen MR) is 158 cm³/mol. The molecule has 0 atom stereocenters. The summed E-state index contributed by atoms with van der Waals surface area (Å²) in [6.45, 7) is 11.2. The molecule has 192 valence electrons. The van der Waals surface area contributed by atoms with Gasteiger partial charge in [0.2, 0.25) is 5.52 Å². The normalized spacial score (nSPS) is 19.2. The lowest BCUT2D eigenvalue weighted by Crippen LogP contribution is -3.00. The first-order valence-electron chi connectivity index (χ1n) is 12.9. The molecule has 0 fully saturated rings. The van der Waals surface area contributed by atoms with Gasteiger partial charge in [-0.15, -0.1) is 0 Å². The molecule has 5 heteroatoms. The third kappa shape index (κ3) is 6.32. The minimum Gasteiger partial charge on any atom is -1.00 e. The standard InChI is InChI=1S/C32H35N2S2.HI/c1-5-33-26-15-7-9-17-28(26)35-30(33)19-11-13-24-21-25(23-32(3,4)22-24)14-12-20-31-34(6-2)27-16-8-10-18-29(27)36-31;/h7-21H,5-6,22-23H2,1-4H3;1H/q+1;/p-1. The molecule has 1 aliphatic carbocycles. The quantitative estimate of drug-likeness (QED) is 0.244. The van der Waals surface area contributed by atoms with Crippen LogP contribution in [0.4, 0.5) is 5.69 Å². The van der Waals surface area contributed by atoms with E-state index in [-0.39, 0.29) is 29.4 Å². The molecule has 3 aromatic rings. The van der Waals surface area contributed by atoms with Gasteiger partial charge in [-0.2, -0.15) is 4.57 Å². The Labute approximate surface area is 247 Å². The van der Waals surface area contributed by atoms with Crippen molar-refractivity contribution >= 4 is 45.1 Å². The highest BCUT2D eigenvalue weighted by Crippen LogP contribution is 2.45. The summed E-state index contributed by atoms with van der Waals surface area (Å²) in [7, 11) is 0. The van der Waals surface area contributed by atoms with E-state index in [0.29, 0.717) is 0 Å². The van der Waals surface area contributed by atoms with Crippen molar-refractivity contribution < 1.29 is 28.5 Å². The van der Waals surface area contributed by atoms with Gasteiger partial charge in [-0.1, -0.05) is 91.6 Å². The summed E-state index contributed by atoms with van der Waals surface area (Å²) in [5.41, 5.74) is 5.70. The summed E-state index contributed by atoms with van der Waals surface area (Å²) in [4.78, 5) is 3.74. The molecule has 1 aliphatic heterocycles. The zero-order valence-corrected chi connectivity index (χ0v) is 25.9. The maximum atomic E-state index is 2.40. The summed E-state index contributed by atoms with van der Waals surface area (Å²) in [5, 5.41) is 2.61. The van der Waals surface area contributed by atoms with E-state index in [1.54, 1.807) is 0 Å². The van der Waals surface area contributed by atoms with Crippen LogP contribution < -0.4 is 33.4 Å². The van der Waals surface area contributed by atoms with Crippen LogP contribution in [0.25, 0.3) is 16.3 Å². The topological polar surface area (TPSA) is 7.12 Å². The molecule has 0 saturated heterocycles. The van der Waals surface area contributed by atoms with Crippen LogP contribution in [-0.2, 0) is 6.54 Å². The fraction of sp³-hybridized carbons (Fsp3) is 0.281. The van der Waals surface area contributed by atoms with Crippen molar-refractivity contribution in [1.82, 2.24) is 0 Å². The number of thioether (sulfide) groups is 1. The third-order valence-corrected chi connectivity index (χ3v) is 9.00. The number of fused-ring (bicyclic) bond motifs is 2. The Balaban J connectivity index is 0.00000320. The summed E-state index contributed by atoms with van der Waals surface area (Å²) >= 11 is 3.73. The van der Waals surface area contributed by atoms with Crippen LogP contribution in [0.3, 0.4) is 0 Å². The number of halogens is 1. The van der Waals surface area contributed by atoms with E-state index < -0.39 is 0 Å². The van der Waals surface area contributed by atoms with Crippen molar-refractivity contribution in [1.29, 1.82) is 0 Å². The highest BCUT2D eigenvalue weighted by atomic mass is 127. The number of aryl methyl sites for hydroxylation is 1. The number of nitrogens with zero attached hydrogens (tertiary/aromatic N) is 2. The minimum atomic E-state index is 0. The molecule has 0 N–H and O–H groups in total. The molecular formula is C32H35IN2S2. The molecule has 37 heavy (non-hydrogen) atoms. The van der Waals surface area contributed by atoms with Crippen molar-refractivity contribution in [2.24, 2.45) is 5.41 Å². The molecule has 0 bridgehead atoms. The second-order valence-electron chi connectivity index (χ2n) is 10.2. The molecule has 0 saturated carbocycles. The zero-order chi connectivity index (χ0) is 25.1. The molecule has 0 unspecified atom stereocenters. The molecular weight excluding hydrogens is 603 g/mol. The van der Waals surface area contributed by atoms with Gasteiger partial charge in [0.1, 0.15) is 11.2 Å². The van der Waals surface area contributed by atoms with Gasteiger partial charge in [-0.05, 0) is 67.5 Å². The molecule has 2 aliphatic rings. The number of para-hydroxylation sites is 2. The first-order valence-corrected chi connectivity index (χ1v) is 14.5. The number of rotatable bonds is 6. The summed E-state index contributed by atoms with van der Waals surface area (Å²) in [6.07, 6.45) is 18.2. The van der Waals surface area contributed by atoms with Crippen LogP contribution in [0.15, 0.2) is 106 Å². The average molecular weight is 639 g/mol. The summed E-state index contributed by atoms with van der Waals surface area (Å²) in [5.74, 6) is 0. The zero-order valence-electron chi connectivity index (χ0n) is 22.1. The average Bonchev–Trinajstić information content (AvgIpc) is 3.40. The van der Waals surface area contributed by atoms with Gasteiger partial charge in [-0.3, -0.25) is 0 Å². The Morgan fingerprint density at radius 1 is 0.946 bits per heavy atom. The Morgan fingerprint density at radius 2 is 1.70 bits per heavy atom. The Bertz CT molecular complexity index is 1420. The number of allylic oxidation sites excluding steroid dienone is 8. The lowest BCUT2D eigenvalue weighted by Gasteiger charge is -2.30. The monoisotopic (exact) mass is 638 g/mol. The van der Waals surface area contributed by atoms with E-state index in [0.717, 1.165) is 25.9 Å². The number of hydrogen-bond acceptors (Lipinski definition) is 3. The molecule has 2 nitrogen and oxygen atoms in total. The van der Waals surface area contributed by atoms with Crippen LogP contribution in [0.5, 0.6) is 0 Å². The van der Waals surface area contributed by atoms with Crippen LogP contribution in [-0.4, -0.2) is 6.54 Å². The summed E-state index contributed by atoms with van der Waals surface area (Å²) < 4.78 is 3.74. The maximum absolute atomic E-state index is 2.40. The van der Waals surface area contributed by atoms with E-state index >= 15 is 0 Å². The SMILES string of the molecule is CCN1/C(=C/C=C/C2=CC(=C/C=C/c3sc4ccccc4[n+]3CC)/CC(C)(C)C2)Sc2ccccc21.[I-]. The fourth-order valence-electron chi connectivity index (χ4n) is 5.24. The third-order valence-electron chi connectivity index (χ3n) is 6.74. The molecule has 2 aromatic carbocycles. The van der Waals surface area contributed by atoms with Gasteiger partial charge in [0.05, 0.1) is 10.7 Å². The Morgan fingerprint density at radius 3 is 2.51 bits per heavy atom. The van der Waals surface area contributed by atoms with Gasteiger partial charge in [-0.25, -0.2) is 0 Å². The molecule has 5 rings (SSSR count). The number of anilines is 1. The number of aromatic nitrogens is 1. The van der Waals surface area contributed by atoms with Gasteiger partial charge in [0.15, 0.2) is 0 Å². The second-order valence-corrected chi connectivity index (χ2v) is 12.3. The first-order chi connectivity index (χ1) is 17.5. The summed E-state index contributed by atoms with van der Waals surface area (Å²) in [6, 6.07) is 17.4. The van der Waals surface area contributed by atoms with Gasteiger partial charge >= 0.3 is 0 Å². The smallest absolute Gasteiger partial charge is 0.262 e. The fourth-order valence-corrected chi connectivity index (χ4v) is 7.51. The maximum Gasteiger partial charge on any atom is 0.262 e. The number of benzene rings is 2. The Hall–Kier alpha value is -2.09. The predicted octanol–water partition coefficient (Wildman–Crippen LogP) is 5.93. The van der Waals surface area contributed by atoms with Crippen molar-refractivity contribution in [2.75, 3.05) is 11.4 Å². The van der Waals surface area contributed by atoms with Crippen molar-refractivity contribution in [2.45, 2.75) is 52.0 Å². The van der Waals surface area contributed by atoms with E-state index in [1.165, 1.54) is 42.0 Å². The van der Waals surface area contributed by atoms with Crippen molar-refractivity contribution in [3.8, 4) is 0 Å². The van der Waals surface area contributed by atoms with E-state index in [9.17, 15) is 0 Å². The minimum absolute atomic E-state index is 0. The van der Waals surface area contributed by atoms with Gasteiger partial charge < -0.3 is 28.9 Å². The van der Waals surface area contributed by atoms with Crippen molar-refractivity contribution in [3.63, 3.8) is 0 Å². The van der Waals surface area contributed by atoms with Crippen LogP contribution in [0.2, 0.25) is 0 Å². The highest BCUT2D eigenvalue weighted by molar-refractivity contribution is 8.03. The highest BCUT2D eigenvalue weighted by Gasteiger charge is 2.25. The van der Waals surface area contributed by atoms with E-state index in [1.807, 2.05) is 23.1 Å². The molecule has 0 amide bonds. The molecule has 1 aromatic heterocycles.